The predicted molar refractivity (Wildman–Crippen MR) is 235 cm³/mol. The van der Waals surface area contributed by atoms with Crippen LogP contribution < -0.4 is 29.7 Å². The van der Waals surface area contributed by atoms with Crippen molar-refractivity contribution in [2.24, 2.45) is 16.7 Å². The van der Waals surface area contributed by atoms with Crippen molar-refractivity contribution in [3.05, 3.63) is 70.1 Å². The number of nitrogens with zero attached hydrogens (tertiary/aromatic N) is 6. The van der Waals surface area contributed by atoms with E-state index in [1.54, 1.807) is 42.7 Å². The topological polar surface area (TPSA) is 196 Å². The van der Waals surface area contributed by atoms with E-state index >= 15 is 0 Å². The maximum absolute atomic E-state index is 13.5. The zero-order valence-electron chi connectivity index (χ0n) is 37.3. The number of rotatable bonds is 13. The molecule has 0 unspecified atom stereocenters. The molecule has 5 amide bonds. The van der Waals surface area contributed by atoms with Crippen molar-refractivity contribution in [2.45, 2.75) is 116 Å². The highest BCUT2D eigenvalue weighted by Crippen LogP contribution is 2.55. The average Bonchev–Trinajstić information content (AvgIpc) is 3.50. The first-order chi connectivity index (χ1) is 30.4. The minimum atomic E-state index is -1.07. The lowest BCUT2D eigenvalue weighted by Gasteiger charge is -2.63. The summed E-state index contributed by atoms with van der Waals surface area (Å²) < 4.78 is 18.3. The molecule has 16 nitrogen and oxygen atoms in total. The van der Waals surface area contributed by atoms with Crippen molar-refractivity contribution in [3.63, 3.8) is 0 Å². The van der Waals surface area contributed by atoms with Gasteiger partial charge in [-0.2, -0.15) is 5.26 Å². The Morgan fingerprint density at radius 3 is 2.31 bits per heavy atom. The molecule has 17 heteroatoms. The monoisotopic (exact) mass is 894 g/mol. The van der Waals surface area contributed by atoms with Gasteiger partial charge in [-0.1, -0.05) is 39.3 Å². The van der Waals surface area contributed by atoms with Crippen molar-refractivity contribution in [3.8, 4) is 23.3 Å². The van der Waals surface area contributed by atoms with E-state index in [1.165, 1.54) is 7.11 Å². The number of fused-ring (bicyclic) bond motifs is 1. The summed E-state index contributed by atoms with van der Waals surface area (Å²) in [4.78, 5) is 79.5. The molecule has 8 rings (SSSR count). The molecule has 64 heavy (non-hydrogen) atoms. The van der Waals surface area contributed by atoms with E-state index in [0.717, 1.165) is 56.0 Å². The van der Waals surface area contributed by atoms with Crippen LogP contribution in [0, 0.1) is 28.1 Å². The molecule has 0 spiro atoms. The van der Waals surface area contributed by atoms with E-state index in [1.807, 2.05) is 0 Å². The smallest absolute Gasteiger partial charge is 0.271 e. The van der Waals surface area contributed by atoms with Crippen LogP contribution in [0.4, 0.5) is 5.82 Å². The number of carbonyl (C=O) groups excluding carboxylic acids is 5. The number of ether oxygens (including phenoxy) is 3. The molecule has 4 heterocycles. The molecule has 2 saturated heterocycles. The summed E-state index contributed by atoms with van der Waals surface area (Å²) >= 11 is 6.25. The van der Waals surface area contributed by atoms with Crippen molar-refractivity contribution in [2.75, 3.05) is 31.6 Å². The van der Waals surface area contributed by atoms with Crippen LogP contribution in [-0.2, 0) is 9.59 Å². The molecular weight excluding hydrogens is 840 g/mol. The Kier molecular flexibility index (Phi) is 12.1. The molecule has 3 aliphatic heterocycles. The molecule has 2 saturated carbocycles. The molecule has 0 radical (unpaired) electrons. The van der Waals surface area contributed by atoms with Gasteiger partial charge in [0.05, 0.1) is 41.2 Å². The van der Waals surface area contributed by atoms with Gasteiger partial charge >= 0.3 is 0 Å². The maximum atomic E-state index is 13.5. The number of aromatic nitrogens is 2. The maximum Gasteiger partial charge on any atom is 0.271 e. The summed E-state index contributed by atoms with van der Waals surface area (Å²) in [7, 11) is 1.42. The molecule has 5 aliphatic rings. The summed E-state index contributed by atoms with van der Waals surface area (Å²) in [6, 6.07) is 9.65. The largest absolute Gasteiger partial charge is 0.496 e. The molecule has 4 fully saturated rings. The van der Waals surface area contributed by atoms with Crippen molar-refractivity contribution in [1.82, 2.24) is 30.4 Å². The van der Waals surface area contributed by atoms with Crippen LogP contribution in [0.1, 0.15) is 117 Å². The lowest BCUT2D eigenvalue weighted by atomic mass is 9.49. The first-order valence-corrected chi connectivity index (χ1v) is 22.4. The van der Waals surface area contributed by atoms with E-state index in [4.69, 9.17) is 25.8 Å². The predicted octanol–water partition coefficient (Wildman–Crippen LogP) is 5.56. The summed E-state index contributed by atoms with van der Waals surface area (Å²) in [5.74, 6) is -0.203. The highest BCUT2D eigenvalue weighted by atomic mass is 35.5. The quantitative estimate of drug-likeness (QED) is 0.203. The SMILES string of the molecule is COc1cc(OC2CC(N(CC3CCN(c4cnc(C(=O)NC5C(C)(C)C(Oc6ccc(C#N)c(Cl)c6)C5(C)C)cn4)CC3)C(C)C)C2)cc2c1C(=O)N([C@@H]1CCC(=O)NC1=O)C2=O. The first kappa shape index (κ1) is 44.8. The number of halogens is 1. The van der Waals surface area contributed by atoms with Crippen LogP contribution in [-0.4, -0.2) is 112 Å². The number of amides is 5. The Bertz CT molecular complexity index is 2390. The third kappa shape index (κ3) is 8.24. The van der Waals surface area contributed by atoms with Crippen LogP contribution >= 0.6 is 11.6 Å². The lowest BCUT2D eigenvalue weighted by Crippen LogP contribution is -2.74. The number of nitrogens with one attached hydrogen (secondary N) is 2. The van der Waals surface area contributed by atoms with Crippen LogP contribution in [0.5, 0.6) is 17.2 Å². The number of methoxy groups -OCH3 is 1. The Morgan fingerprint density at radius 2 is 1.70 bits per heavy atom. The van der Waals surface area contributed by atoms with E-state index in [0.29, 0.717) is 40.1 Å². The Morgan fingerprint density at radius 1 is 0.984 bits per heavy atom. The fourth-order valence-corrected chi connectivity index (χ4v) is 10.9. The Balaban J connectivity index is 0.811. The first-order valence-electron chi connectivity index (χ1n) is 22.0. The van der Waals surface area contributed by atoms with Crippen LogP contribution in [0.3, 0.4) is 0 Å². The molecule has 2 N–H and O–H groups in total. The van der Waals surface area contributed by atoms with Gasteiger partial charge in [0.2, 0.25) is 11.8 Å². The van der Waals surface area contributed by atoms with E-state index in [2.05, 4.69) is 78.0 Å². The molecule has 0 bridgehead atoms. The standard InChI is InChI=1S/C47H55ClN8O8/c1-25(2)55(28-16-30(17-28)63-31-18-32-39(36(20-31)62-7)43(61)56(42(32)60)35-10-11-38(57)52-41(35)59)24-26-12-14-54(15-13-26)37-23-50-34(22-51-37)40(58)53-44-46(3,4)45(47(44,5)6)64-29-9-8-27(21-49)33(48)19-29/h8-9,18-20,22-23,25-26,28,30,35,44-45H,10-17,24H2,1-7H3,(H,53,58)(H,52,57,59)/t28?,30?,35-,44?,45?/m1/s1. The minimum absolute atomic E-state index is 0.0386. The number of anilines is 1. The van der Waals surface area contributed by atoms with E-state index in [9.17, 15) is 29.2 Å². The second kappa shape index (κ2) is 17.3. The highest BCUT2D eigenvalue weighted by molar-refractivity contribution is 6.31. The average molecular weight is 895 g/mol. The van der Waals surface area contributed by atoms with Crippen LogP contribution in [0.15, 0.2) is 42.7 Å². The molecule has 2 aromatic carbocycles. The van der Waals surface area contributed by atoms with Gasteiger partial charge in [0, 0.05) is 80.0 Å². The van der Waals surface area contributed by atoms with Gasteiger partial charge < -0.3 is 24.4 Å². The number of piperidine rings is 2. The van der Waals surface area contributed by atoms with Crippen LogP contribution in [0.25, 0.3) is 0 Å². The van der Waals surface area contributed by atoms with Gasteiger partial charge in [0.1, 0.15) is 53.1 Å². The normalized spacial score (nSPS) is 25.0. The number of hydrogen-bond acceptors (Lipinski definition) is 13. The fraction of sp³-hybridized carbons (Fsp3) is 0.532. The number of carbonyl (C=O) groups is 5. The van der Waals surface area contributed by atoms with Gasteiger partial charge in [-0.3, -0.25) is 39.1 Å². The second-order valence-corrected chi connectivity index (χ2v) is 19.5. The van der Waals surface area contributed by atoms with Crippen LogP contribution in [0.2, 0.25) is 5.02 Å². The zero-order chi connectivity index (χ0) is 45.8. The number of imide groups is 2. The van der Waals surface area contributed by atoms with Gasteiger partial charge in [-0.15, -0.1) is 0 Å². The lowest BCUT2D eigenvalue weighted by molar-refractivity contribution is -0.164. The van der Waals surface area contributed by atoms with Gasteiger partial charge in [0.15, 0.2) is 0 Å². The third-order valence-corrected chi connectivity index (χ3v) is 14.2. The van der Waals surface area contributed by atoms with Crippen molar-refractivity contribution >= 4 is 47.0 Å². The van der Waals surface area contributed by atoms with Gasteiger partial charge in [0.25, 0.3) is 17.7 Å². The summed E-state index contributed by atoms with van der Waals surface area (Å²) in [6.45, 7) is 15.3. The molecule has 3 aromatic rings. The van der Waals surface area contributed by atoms with Crippen molar-refractivity contribution in [1.29, 1.82) is 5.26 Å². The number of nitriles is 1. The molecular formula is C47H55ClN8O8. The van der Waals surface area contributed by atoms with Gasteiger partial charge in [-0.25, -0.2) is 9.97 Å². The zero-order valence-corrected chi connectivity index (χ0v) is 38.0. The highest BCUT2D eigenvalue weighted by Gasteiger charge is 2.64. The third-order valence-electron chi connectivity index (χ3n) is 13.9. The molecule has 1 atom stereocenters. The summed E-state index contributed by atoms with van der Waals surface area (Å²) in [6.07, 6.45) is 6.61. The van der Waals surface area contributed by atoms with E-state index in [-0.39, 0.29) is 59.6 Å². The van der Waals surface area contributed by atoms with Gasteiger partial charge in [-0.05, 0) is 57.2 Å². The Labute approximate surface area is 377 Å². The molecule has 2 aliphatic carbocycles. The Hall–Kier alpha value is -5.79. The summed E-state index contributed by atoms with van der Waals surface area (Å²) in [5.41, 5.74) is 0.0224. The summed E-state index contributed by atoms with van der Waals surface area (Å²) in [5, 5.41) is 15.0. The number of benzene rings is 2. The number of hydrogen-bond donors (Lipinski definition) is 2. The fourth-order valence-electron chi connectivity index (χ4n) is 10.7. The minimum Gasteiger partial charge on any atom is -0.496 e. The molecule has 1 aromatic heterocycles. The second-order valence-electron chi connectivity index (χ2n) is 19.1. The van der Waals surface area contributed by atoms with Crippen molar-refractivity contribution < 1.29 is 38.2 Å². The van der Waals surface area contributed by atoms with E-state index < -0.39 is 40.5 Å². The molecule has 338 valence electrons.